The van der Waals surface area contributed by atoms with Gasteiger partial charge < -0.3 is 9.67 Å². The summed E-state index contributed by atoms with van der Waals surface area (Å²) in [6, 6.07) is 1.27. The van der Waals surface area contributed by atoms with E-state index in [9.17, 15) is 14.7 Å². The minimum absolute atomic E-state index is 0.00944. The van der Waals surface area contributed by atoms with Gasteiger partial charge in [0, 0.05) is 19.3 Å². The molecule has 0 aliphatic rings. The van der Waals surface area contributed by atoms with Crippen LogP contribution in [-0.4, -0.2) is 26.2 Å². The van der Waals surface area contributed by atoms with E-state index in [-0.39, 0.29) is 12.4 Å². The van der Waals surface area contributed by atoms with Crippen molar-refractivity contribution in [1.82, 2.24) is 9.13 Å². The molecule has 1 heterocycles. The molecule has 0 spiro atoms. The van der Waals surface area contributed by atoms with Gasteiger partial charge in [-0.05, 0) is 0 Å². The zero-order chi connectivity index (χ0) is 10.7. The minimum atomic E-state index is -0.885. The van der Waals surface area contributed by atoms with E-state index in [1.165, 1.54) is 23.9 Å². The molecule has 1 aromatic rings. The molecule has 0 aromatic carbocycles. The smallest absolute Gasteiger partial charge is 0.330 e. The van der Waals surface area contributed by atoms with Crippen LogP contribution in [0.15, 0.2) is 21.9 Å². The summed E-state index contributed by atoms with van der Waals surface area (Å²) < 4.78 is 2.22. The lowest BCUT2D eigenvalue weighted by molar-refractivity contribution is 0.172. The number of aromatic nitrogens is 2. The third-order valence-corrected chi connectivity index (χ3v) is 2.17. The van der Waals surface area contributed by atoms with E-state index in [0.29, 0.717) is 0 Å². The molecule has 0 saturated carbocycles. The van der Waals surface area contributed by atoms with Crippen LogP contribution in [0.25, 0.3) is 0 Å². The largest absolute Gasteiger partial charge is 0.390 e. The zero-order valence-electron chi connectivity index (χ0n) is 7.68. The molecule has 0 bridgehead atoms. The molecule has 0 aliphatic heterocycles. The van der Waals surface area contributed by atoms with E-state index >= 15 is 0 Å². The van der Waals surface area contributed by atoms with Gasteiger partial charge in [-0.15, -0.1) is 11.6 Å². The SMILES string of the molecule is Cn1ccc(=O)n(CC(O)CCl)c1=O. The van der Waals surface area contributed by atoms with E-state index in [2.05, 4.69) is 0 Å². The maximum atomic E-state index is 11.4. The summed E-state index contributed by atoms with van der Waals surface area (Å²) in [5, 5.41) is 9.21. The van der Waals surface area contributed by atoms with Gasteiger partial charge in [-0.2, -0.15) is 0 Å². The summed E-state index contributed by atoms with van der Waals surface area (Å²) in [5.74, 6) is -0.00944. The number of halogens is 1. The molecule has 0 saturated heterocycles. The Morgan fingerprint density at radius 2 is 2.21 bits per heavy atom. The van der Waals surface area contributed by atoms with Crippen LogP contribution < -0.4 is 11.2 Å². The van der Waals surface area contributed by atoms with Gasteiger partial charge in [0.1, 0.15) is 0 Å². The number of aliphatic hydroxyl groups excluding tert-OH is 1. The van der Waals surface area contributed by atoms with Crippen molar-refractivity contribution in [2.24, 2.45) is 7.05 Å². The first-order chi connectivity index (χ1) is 6.56. The third-order valence-electron chi connectivity index (χ3n) is 1.81. The van der Waals surface area contributed by atoms with Crippen molar-refractivity contribution in [2.75, 3.05) is 5.88 Å². The maximum Gasteiger partial charge on any atom is 0.330 e. The number of aryl methyl sites for hydroxylation is 1. The molecule has 14 heavy (non-hydrogen) atoms. The van der Waals surface area contributed by atoms with Crippen LogP contribution in [-0.2, 0) is 13.6 Å². The summed E-state index contributed by atoms with van der Waals surface area (Å²) >= 11 is 5.37. The van der Waals surface area contributed by atoms with Crippen molar-refractivity contribution in [3.8, 4) is 0 Å². The monoisotopic (exact) mass is 218 g/mol. The molecular formula is C8H11ClN2O3. The number of hydrogen-bond acceptors (Lipinski definition) is 3. The molecule has 1 N–H and O–H groups in total. The number of hydrogen-bond donors (Lipinski definition) is 1. The molecule has 6 heteroatoms. The fraction of sp³-hybridized carbons (Fsp3) is 0.500. The average molecular weight is 219 g/mol. The first-order valence-corrected chi connectivity index (χ1v) is 4.60. The molecule has 1 rings (SSSR count). The van der Waals surface area contributed by atoms with E-state index in [1.807, 2.05) is 0 Å². The van der Waals surface area contributed by atoms with E-state index in [4.69, 9.17) is 11.6 Å². The van der Waals surface area contributed by atoms with Crippen molar-refractivity contribution in [2.45, 2.75) is 12.6 Å². The highest BCUT2D eigenvalue weighted by Gasteiger charge is 2.08. The van der Waals surface area contributed by atoms with Crippen LogP contribution in [0.3, 0.4) is 0 Å². The normalized spacial score (nSPS) is 12.8. The number of aliphatic hydroxyl groups is 1. The van der Waals surface area contributed by atoms with Crippen molar-refractivity contribution in [3.05, 3.63) is 33.1 Å². The summed E-state index contributed by atoms with van der Waals surface area (Å²) in [6.45, 7) is -0.0736. The van der Waals surface area contributed by atoms with Crippen LogP contribution in [0.2, 0.25) is 0 Å². The van der Waals surface area contributed by atoms with Crippen molar-refractivity contribution >= 4 is 11.6 Å². The quantitative estimate of drug-likeness (QED) is 0.672. The number of alkyl halides is 1. The highest BCUT2D eigenvalue weighted by Crippen LogP contribution is 1.89. The van der Waals surface area contributed by atoms with Crippen LogP contribution in [0.5, 0.6) is 0 Å². The first-order valence-electron chi connectivity index (χ1n) is 4.06. The minimum Gasteiger partial charge on any atom is -0.390 e. The van der Waals surface area contributed by atoms with Crippen molar-refractivity contribution in [1.29, 1.82) is 0 Å². The standard InChI is InChI=1S/C8H11ClN2O3/c1-10-3-2-7(13)11(8(10)14)5-6(12)4-9/h2-3,6,12H,4-5H2,1H3. The van der Waals surface area contributed by atoms with Gasteiger partial charge in [-0.3, -0.25) is 9.36 Å². The van der Waals surface area contributed by atoms with E-state index < -0.39 is 17.4 Å². The van der Waals surface area contributed by atoms with Crippen molar-refractivity contribution < 1.29 is 5.11 Å². The van der Waals surface area contributed by atoms with Gasteiger partial charge in [-0.25, -0.2) is 4.79 Å². The first kappa shape index (κ1) is 11.0. The summed E-state index contributed by atoms with van der Waals surface area (Å²) in [6.07, 6.45) is 0.498. The Kier molecular flexibility index (Phi) is 3.49. The third kappa shape index (κ3) is 2.24. The van der Waals surface area contributed by atoms with Crippen LogP contribution in [0, 0.1) is 0 Å². The molecule has 1 unspecified atom stereocenters. The number of nitrogens with zero attached hydrogens (tertiary/aromatic N) is 2. The Balaban J connectivity index is 3.14. The van der Waals surface area contributed by atoms with Gasteiger partial charge in [-0.1, -0.05) is 0 Å². The van der Waals surface area contributed by atoms with Crippen LogP contribution in [0.4, 0.5) is 0 Å². The molecule has 1 aromatic heterocycles. The second kappa shape index (κ2) is 4.43. The van der Waals surface area contributed by atoms with Gasteiger partial charge >= 0.3 is 5.69 Å². The van der Waals surface area contributed by atoms with Gasteiger partial charge in [0.2, 0.25) is 0 Å². The van der Waals surface area contributed by atoms with Gasteiger partial charge in [0.15, 0.2) is 0 Å². The summed E-state index contributed by atoms with van der Waals surface area (Å²) in [5.41, 5.74) is -0.890. The maximum absolute atomic E-state index is 11.4. The van der Waals surface area contributed by atoms with Gasteiger partial charge in [0.05, 0.1) is 18.5 Å². The topological polar surface area (TPSA) is 64.2 Å². The average Bonchev–Trinajstić information content (AvgIpc) is 2.18. The second-order valence-corrected chi connectivity index (χ2v) is 3.27. The Bertz CT molecular complexity index is 423. The lowest BCUT2D eigenvalue weighted by Gasteiger charge is -2.09. The zero-order valence-corrected chi connectivity index (χ0v) is 8.44. The number of rotatable bonds is 3. The van der Waals surface area contributed by atoms with Crippen LogP contribution >= 0.6 is 11.6 Å². The van der Waals surface area contributed by atoms with Crippen molar-refractivity contribution in [3.63, 3.8) is 0 Å². The molecular weight excluding hydrogens is 208 g/mol. The van der Waals surface area contributed by atoms with E-state index in [0.717, 1.165) is 4.57 Å². The Morgan fingerprint density at radius 1 is 1.57 bits per heavy atom. The highest BCUT2D eigenvalue weighted by molar-refractivity contribution is 6.18. The Morgan fingerprint density at radius 3 is 2.79 bits per heavy atom. The van der Waals surface area contributed by atoms with Gasteiger partial charge in [0.25, 0.3) is 5.56 Å². The predicted octanol–water partition coefficient (Wildman–Crippen LogP) is -0.853. The summed E-state index contributed by atoms with van der Waals surface area (Å²) in [7, 11) is 1.53. The molecule has 0 amide bonds. The predicted molar refractivity (Wildman–Crippen MR) is 52.7 cm³/mol. The molecule has 0 radical (unpaired) electrons. The summed E-state index contributed by atoms with van der Waals surface area (Å²) in [4.78, 5) is 22.7. The fourth-order valence-corrected chi connectivity index (χ4v) is 1.14. The second-order valence-electron chi connectivity index (χ2n) is 2.97. The highest BCUT2D eigenvalue weighted by atomic mass is 35.5. The Labute approximate surface area is 85.2 Å². The van der Waals surface area contributed by atoms with E-state index in [1.54, 1.807) is 0 Å². The lowest BCUT2D eigenvalue weighted by atomic mass is 10.4. The molecule has 1 atom stereocenters. The molecule has 0 fully saturated rings. The molecule has 5 nitrogen and oxygen atoms in total. The lowest BCUT2D eigenvalue weighted by Crippen LogP contribution is -2.41. The molecule has 0 aliphatic carbocycles. The molecule has 78 valence electrons. The Hall–Kier alpha value is -1.07. The fourth-order valence-electron chi connectivity index (χ4n) is 1.04. The van der Waals surface area contributed by atoms with Crippen LogP contribution in [0.1, 0.15) is 0 Å².